The van der Waals surface area contributed by atoms with Crippen LogP contribution in [0.1, 0.15) is 13.3 Å². The summed E-state index contributed by atoms with van der Waals surface area (Å²) in [6, 6.07) is 3.89. The maximum Gasteiger partial charge on any atom is 0.293 e. The van der Waals surface area contributed by atoms with E-state index in [1.807, 2.05) is 0 Å². The van der Waals surface area contributed by atoms with Gasteiger partial charge in [-0.05, 0) is 6.07 Å². The highest BCUT2D eigenvalue weighted by Crippen LogP contribution is 2.28. The Balaban J connectivity index is 3.08. The molecule has 0 aliphatic heterocycles. The molecule has 0 spiro atoms. The number of hydrogen-bond donors (Lipinski definition) is 1. The highest BCUT2D eigenvalue weighted by Gasteiger charge is 2.19. The first-order valence-electron chi connectivity index (χ1n) is 5.16. The number of amides is 1. The fraction of sp³-hybridized carbons (Fsp3) is 0.273. The molecule has 96 valence electrons. The van der Waals surface area contributed by atoms with Gasteiger partial charge in [-0.3, -0.25) is 19.7 Å². The summed E-state index contributed by atoms with van der Waals surface area (Å²) in [5.74, 6) is -1.18. The molecule has 0 fully saturated rings. The van der Waals surface area contributed by atoms with E-state index in [1.165, 1.54) is 32.2 Å². The van der Waals surface area contributed by atoms with E-state index < -0.39 is 16.6 Å². The second kappa shape index (κ2) is 5.76. The molecule has 18 heavy (non-hydrogen) atoms. The van der Waals surface area contributed by atoms with E-state index in [0.717, 1.165) is 0 Å². The lowest BCUT2D eigenvalue weighted by Crippen LogP contribution is -2.22. The summed E-state index contributed by atoms with van der Waals surface area (Å²) < 4.78 is 4.90. The summed E-state index contributed by atoms with van der Waals surface area (Å²) in [5, 5.41) is 13.0. The molecular formula is C11H12N2O5. The average molecular weight is 252 g/mol. The summed E-state index contributed by atoms with van der Waals surface area (Å²) >= 11 is 0. The van der Waals surface area contributed by atoms with Crippen molar-refractivity contribution in [3.05, 3.63) is 28.3 Å². The summed E-state index contributed by atoms with van der Waals surface area (Å²) in [7, 11) is 1.39. The van der Waals surface area contributed by atoms with Crippen molar-refractivity contribution in [2.45, 2.75) is 13.3 Å². The zero-order valence-electron chi connectivity index (χ0n) is 9.93. The van der Waals surface area contributed by atoms with Crippen molar-refractivity contribution < 1.29 is 19.2 Å². The van der Waals surface area contributed by atoms with Crippen molar-refractivity contribution in [2.24, 2.45) is 0 Å². The monoisotopic (exact) mass is 252 g/mol. The van der Waals surface area contributed by atoms with Gasteiger partial charge >= 0.3 is 0 Å². The maximum absolute atomic E-state index is 11.4. The molecule has 0 atom stereocenters. The predicted octanol–water partition coefficient (Wildman–Crippen LogP) is 1.52. The highest BCUT2D eigenvalue weighted by molar-refractivity contribution is 6.40. The standard InChI is InChI=1S/C11H12N2O5/c1-3-10(14)11(15)12-8-6-7(18-2)4-5-9(8)13(16)17/h4-6H,3H2,1-2H3,(H,12,15). The van der Waals surface area contributed by atoms with Gasteiger partial charge in [0.15, 0.2) is 0 Å². The van der Waals surface area contributed by atoms with Gasteiger partial charge in [-0.2, -0.15) is 0 Å². The minimum absolute atomic E-state index is 0.0313. The molecule has 0 bridgehead atoms. The molecule has 0 saturated heterocycles. The molecule has 0 aliphatic carbocycles. The van der Waals surface area contributed by atoms with Gasteiger partial charge in [-0.15, -0.1) is 0 Å². The molecule has 1 aromatic carbocycles. The van der Waals surface area contributed by atoms with Crippen molar-refractivity contribution in [2.75, 3.05) is 12.4 Å². The number of rotatable bonds is 5. The lowest BCUT2D eigenvalue weighted by atomic mass is 10.2. The Morgan fingerprint density at radius 2 is 2.11 bits per heavy atom. The van der Waals surface area contributed by atoms with Crippen LogP contribution in [0.25, 0.3) is 0 Å². The van der Waals surface area contributed by atoms with E-state index in [4.69, 9.17) is 4.74 Å². The van der Waals surface area contributed by atoms with Gasteiger partial charge in [0.05, 0.1) is 12.0 Å². The Bertz CT molecular complexity index is 498. The van der Waals surface area contributed by atoms with E-state index in [1.54, 1.807) is 0 Å². The Kier molecular flexibility index (Phi) is 4.36. The van der Waals surface area contributed by atoms with E-state index in [0.29, 0.717) is 5.75 Å². The van der Waals surface area contributed by atoms with Crippen LogP contribution in [0.2, 0.25) is 0 Å². The number of ether oxygens (including phenoxy) is 1. The van der Waals surface area contributed by atoms with Crippen molar-refractivity contribution in [3.8, 4) is 5.75 Å². The van der Waals surface area contributed by atoms with Crippen LogP contribution >= 0.6 is 0 Å². The molecule has 0 saturated carbocycles. The number of nitrogens with zero attached hydrogens (tertiary/aromatic N) is 1. The first-order valence-corrected chi connectivity index (χ1v) is 5.16. The molecule has 1 aromatic rings. The molecule has 0 aliphatic rings. The topological polar surface area (TPSA) is 98.5 Å². The van der Waals surface area contributed by atoms with Crippen LogP contribution in [-0.2, 0) is 9.59 Å². The van der Waals surface area contributed by atoms with Crippen LogP contribution in [-0.4, -0.2) is 23.7 Å². The van der Waals surface area contributed by atoms with Gasteiger partial charge in [0.1, 0.15) is 11.4 Å². The lowest BCUT2D eigenvalue weighted by molar-refractivity contribution is -0.383. The molecule has 0 radical (unpaired) electrons. The Hall–Kier alpha value is -2.44. The van der Waals surface area contributed by atoms with Gasteiger partial charge in [-0.1, -0.05) is 6.92 Å². The number of anilines is 1. The lowest BCUT2D eigenvalue weighted by Gasteiger charge is -2.06. The van der Waals surface area contributed by atoms with E-state index in [9.17, 15) is 19.7 Å². The van der Waals surface area contributed by atoms with Gasteiger partial charge in [0.25, 0.3) is 11.6 Å². The fourth-order valence-electron chi connectivity index (χ4n) is 1.25. The molecule has 7 heteroatoms. The van der Waals surface area contributed by atoms with Crippen molar-refractivity contribution in [1.82, 2.24) is 0 Å². The normalized spacial score (nSPS) is 9.67. The van der Waals surface area contributed by atoms with E-state index in [2.05, 4.69) is 5.32 Å². The first-order chi connectivity index (χ1) is 8.49. The van der Waals surface area contributed by atoms with Crippen molar-refractivity contribution >= 4 is 23.1 Å². The third-order valence-electron chi connectivity index (χ3n) is 2.22. The Morgan fingerprint density at radius 1 is 1.44 bits per heavy atom. The molecule has 0 heterocycles. The summed E-state index contributed by atoms with van der Waals surface area (Å²) in [6.45, 7) is 1.53. The summed E-state index contributed by atoms with van der Waals surface area (Å²) in [4.78, 5) is 32.7. The number of ketones is 1. The number of nitro groups is 1. The van der Waals surface area contributed by atoms with Crippen LogP contribution in [0.5, 0.6) is 5.75 Å². The fourth-order valence-corrected chi connectivity index (χ4v) is 1.25. The number of hydrogen-bond acceptors (Lipinski definition) is 5. The van der Waals surface area contributed by atoms with Gasteiger partial charge < -0.3 is 10.1 Å². The minimum Gasteiger partial charge on any atom is -0.497 e. The predicted molar refractivity (Wildman–Crippen MR) is 63.6 cm³/mol. The Labute approximate surface area is 103 Å². The largest absolute Gasteiger partial charge is 0.497 e. The molecule has 1 N–H and O–H groups in total. The number of benzene rings is 1. The number of carbonyl (C=O) groups is 2. The van der Waals surface area contributed by atoms with Crippen LogP contribution in [0.3, 0.4) is 0 Å². The molecule has 1 amide bonds. The zero-order valence-corrected chi connectivity index (χ0v) is 9.93. The summed E-state index contributed by atoms with van der Waals surface area (Å²) in [5.41, 5.74) is -0.362. The third kappa shape index (κ3) is 3.03. The van der Waals surface area contributed by atoms with Gasteiger partial charge in [0, 0.05) is 18.6 Å². The number of nitro benzene ring substituents is 1. The van der Waals surface area contributed by atoms with Crippen LogP contribution < -0.4 is 10.1 Å². The molecule has 0 aromatic heterocycles. The summed E-state index contributed by atoms with van der Waals surface area (Å²) in [6.07, 6.45) is 0.0313. The zero-order chi connectivity index (χ0) is 13.7. The number of nitrogens with one attached hydrogen (secondary N) is 1. The molecule has 7 nitrogen and oxygen atoms in total. The first kappa shape index (κ1) is 13.6. The minimum atomic E-state index is -0.881. The highest BCUT2D eigenvalue weighted by atomic mass is 16.6. The molecular weight excluding hydrogens is 240 g/mol. The smallest absolute Gasteiger partial charge is 0.293 e. The second-order valence-electron chi connectivity index (χ2n) is 3.37. The van der Waals surface area contributed by atoms with Crippen molar-refractivity contribution in [1.29, 1.82) is 0 Å². The second-order valence-corrected chi connectivity index (χ2v) is 3.37. The number of carbonyl (C=O) groups excluding carboxylic acids is 2. The van der Waals surface area contributed by atoms with Crippen LogP contribution in [0, 0.1) is 10.1 Å². The SMILES string of the molecule is CCC(=O)C(=O)Nc1cc(OC)ccc1[N+](=O)[O-]. The van der Waals surface area contributed by atoms with Crippen LogP contribution in [0.4, 0.5) is 11.4 Å². The van der Waals surface area contributed by atoms with Gasteiger partial charge in [0.2, 0.25) is 5.78 Å². The maximum atomic E-state index is 11.4. The van der Waals surface area contributed by atoms with E-state index in [-0.39, 0.29) is 17.8 Å². The quantitative estimate of drug-likeness (QED) is 0.486. The van der Waals surface area contributed by atoms with Gasteiger partial charge in [-0.25, -0.2) is 0 Å². The Morgan fingerprint density at radius 3 is 2.61 bits per heavy atom. The number of Topliss-reactive ketones (excluding diaryl/α,β-unsaturated/α-hetero) is 1. The van der Waals surface area contributed by atoms with Crippen molar-refractivity contribution in [3.63, 3.8) is 0 Å². The molecule has 1 rings (SSSR count). The molecule has 0 unspecified atom stereocenters. The van der Waals surface area contributed by atoms with Crippen LogP contribution in [0.15, 0.2) is 18.2 Å². The average Bonchev–Trinajstić information content (AvgIpc) is 2.37. The van der Waals surface area contributed by atoms with E-state index >= 15 is 0 Å². The third-order valence-corrected chi connectivity index (χ3v) is 2.22. The number of methoxy groups -OCH3 is 1.